The molecule has 0 amide bonds. The Hall–Kier alpha value is -1.99. The fraction of sp³-hybridized carbons (Fsp3) is 0.231. The molecule has 0 unspecified atom stereocenters. The molecular formula is C13H11ClN2O2. The van der Waals surface area contributed by atoms with E-state index < -0.39 is 0 Å². The topological polar surface area (TPSA) is 55.1 Å². The van der Waals surface area contributed by atoms with Crippen LogP contribution in [0.5, 0.6) is 11.5 Å². The molecule has 0 N–H and O–H groups in total. The summed E-state index contributed by atoms with van der Waals surface area (Å²) in [5.41, 5.74) is 1.77. The van der Waals surface area contributed by atoms with Gasteiger partial charge in [-0.15, -0.1) is 0 Å². The zero-order chi connectivity index (χ0) is 13.3. The van der Waals surface area contributed by atoms with Crippen molar-refractivity contribution in [1.82, 2.24) is 4.98 Å². The Morgan fingerprint density at radius 3 is 2.56 bits per heavy atom. The van der Waals surface area contributed by atoms with E-state index in [4.69, 9.17) is 26.3 Å². The molecule has 0 atom stereocenters. The highest BCUT2D eigenvalue weighted by Gasteiger charge is 2.14. The standard InChI is InChI=1S/C13H11ClN2O2/c1-7-9-4-8(17-2)5-11(18-3)12(9)16-13(14)10(7)6-15/h4-5H,1-3H3. The predicted octanol–water partition coefficient (Wildman–Crippen LogP) is 3.09. The molecule has 0 saturated carbocycles. The number of nitrogens with zero attached hydrogens (tertiary/aromatic N) is 2. The second-order valence-electron chi connectivity index (χ2n) is 3.74. The van der Waals surface area contributed by atoms with Gasteiger partial charge >= 0.3 is 0 Å². The molecule has 0 spiro atoms. The van der Waals surface area contributed by atoms with Crippen LogP contribution in [0, 0.1) is 18.3 Å². The first-order chi connectivity index (χ1) is 8.62. The van der Waals surface area contributed by atoms with E-state index in [2.05, 4.69) is 11.1 Å². The van der Waals surface area contributed by atoms with Crippen LogP contribution in [0.4, 0.5) is 0 Å². The second kappa shape index (κ2) is 4.71. The maximum absolute atomic E-state index is 9.07. The number of halogens is 1. The highest BCUT2D eigenvalue weighted by Crippen LogP contribution is 2.34. The number of aryl methyl sites for hydroxylation is 1. The largest absolute Gasteiger partial charge is 0.497 e. The van der Waals surface area contributed by atoms with E-state index in [1.54, 1.807) is 20.3 Å². The van der Waals surface area contributed by atoms with Crippen molar-refractivity contribution in [3.8, 4) is 17.6 Å². The van der Waals surface area contributed by atoms with Crippen molar-refractivity contribution in [2.45, 2.75) is 6.92 Å². The first kappa shape index (κ1) is 12.5. The average molecular weight is 263 g/mol. The molecule has 0 bridgehead atoms. The van der Waals surface area contributed by atoms with Gasteiger partial charge in [-0.05, 0) is 18.6 Å². The summed E-state index contributed by atoms with van der Waals surface area (Å²) in [5, 5.41) is 10.1. The van der Waals surface area contributed by atoms with Crippen molar-refractivity contribution in [2.24, 2.45) is 0 Å². The second-order valence-corrected chi connectivity index (χ2v) is 4.10. The third-order valence-electron chi connectivity index (χ3n) is 2.81. The third kappa shape index (κ3) is 1.83. The number of nitriles is 1. The van der Waals surface area contributed by atoms with E-state index in [1.807, 2.05) is 13.0 Å². The molecule has 92 valence electrons. The smallest absolute Gasteiger partial charge is 0.148 e. The van der Waals surface area contributed by atoms with Crippen molar-refractivity contribution in [2.75, 3.05) is 14.2 Å². The van der Waals surface area contributed by atoms with Crippen LogP contribution in [0.1, 0.15) is 11.1 Å². The summed E-state index contributed by atoms with van der Waals surface area (Å²) in [4.78, 5) is 4.22. The highest BCUT2D eigenvalue weighted by atomic mass is 35.5. The fourth-order valence-corrected chi connectivity index (χ4v) is 2.10. The van der Waals surface area contributed by atoms with Gasteiger partial charge in [0.15, 0.2) is 0 Å². The number of methoxy groups -OCH3 is 2. The molecule has 1 aromatic heterocycles. The van der Waals surface area contributed by atoms with Crippen LogP contribution in [-0.2, 0) is 0 Å². The minimum absolute atomic E-state index is 0.186. The number of hydrogen-bond donors (Lipinski definition) is 0. The molecule has 18 heavy (non-hydrogen) atoms. The van der Waals surface area contributed by atoms with Gasteiger partial charge in [-0.1, -0.05) is 11.6 Å². The quantitative estimate of drug-likeness (QED) is 0.781. The van der Waals surface area contributed by atoms with Gasteiger partial charge in [0.25, 0.3) is 0 Å². The van der Waals surface area contributed by atoms with Gasteiger partial charge < -0.3 is 9.47 Å². The van der Waals surface area contributed by atoms with Crippen molar-refractivity contribution in [1.29, 1.82) is 5.26 Å². The van der Waals surface area contributed by atoms with Crippen LogP contribution >= 0.6 is 11.6 Å². The number of benzene rings is 1. The van der Waals surface area contributed by atoms with Crippen molar-refractivity contribution < 1.29 is 9.47 Å². The average Bonchev–Trinajstić information content (AvgIpc) is 2.38. The summed E-state index contributed by atoms with van der Waals surface area (Å²) in [5.74, 6) is 1.22. The molecule has 0 radical (unpaired) electrons. The maximum atomic E-state index is 9.07. The Balaban J connectivity index is 2.93. The Kier molecular flexibility index (Phi) is 3.26. The summed E-state index contributed by atoms with van der Waals surface area (Å²) in [6, 6.07) is 5.60. The van der Waals surface area contributed by atoms with Crippen molar-refractivity contribution >= 4 is 22.5 Å². The highest BCUT2D eigenvalue weighted by molar-refractivity contribution is 6.31. The maximum Gasteiger partial charge on any atom is 0.148 e. The molecule has 4 nitrogen and oxygen atoms in total. The monoisotopic (exact) mass is 262 g/mol. The van der Waals surface area contributed by atoms with Gasteiger partial charge in [0.1, 0.15) is 28.2 Å². The number of pyridine rings is 1. The van der Waals surface area contributed by atoms with E-state index >= 15 is 0 Å². The lowest BCUT2D eigenvalue weighted by molar-refractivity contribution is 0.397. The van der Waals surface area contributed by atoms with Crippen molar-refractivity contribution in [3.05, 3.63) is 28.4 Å². The van der Waals surface area contributed by atoms with Crippen LogP contribution in [0.25, 0.3) is 10.9 Å². The van der Waals surface area contributed by atoms with Crippen molar-refractivity contribution in [3.63, 3.8) is 0 Å². The number of hydrogen-bond acceptors (Lipinski definition) is 4. The molecule has 1 aromatic carbocycles. The summed E-state index contributed by atoms with van der Waals surface area (Å²) in [6.07, 6.45) is 0. The summed E-state index contributed by atoms with van der Waals surface area (Å²) in [7, 11) is 3.13. The Morgan fingerprint density at radius 1 is 1.28 bits per heavy atom. The van der Waals surface area contributed by atoms with Gasteiger partial charge in [-0.2, -0.15) is 5.26 Å². The van der Waals surface area contributed by atoms with E-state index in [9.17, 15) is 0 Å². The van der Waals surface area contributed by atoms with E-state index in [0.717, 1.165) is 10.9 Å². The van der Waals surface area contributed by atoms with E-state index in [1.165, 1.54) is 0 Å². The van der Waals surface area contributed by atoms with Gasteiger partial charge in [0, 0.05) is 11.5 Å². The lowest BCUT2D eigenvalue weighted by atomic mass is 10.0. The van der Waals surface area contributed by atoms with Crippen LogP contribution in [0.15, 0.2) is 12.1 Å². The molecule has 0 aliphatic heterocycles. The molecule has 0 fully saturated rings. The molecule has 5 heteroatoms. The lowest BCUT2D eigenvalue weighted by Crippen LogP contribution is -1.96. The summed E-state index contributed by atoms with van der Waals surface area (Å²) in [6.45, 7) is 1.83. The van der Waals surface area contributed by atoms with Crippen LogP contribution < -0.4 is 9.47 Å². The van der Waals surface area contributed by atoms with Gasteiger partial charge in [0.2, 0.25) is 0 Å². The summed E-state index contributed by atoms with van der Waals surface area (Å²) < 4.78 is 10.5. The SMILES string of the molecule is COc1cc(OC)c2nc(Cl)c(C#N)c(C)c2c1. The van der Waals surface area contributed by atoms with Gasteiger partial charge in [0.05, 0.1) is 19.8 Å². The van der Waals surface area contributed by atoms with Gasteiger partial charge in [-0.25, -0.2) is 4.98 Å². The summed E-state index contributed by atoms with van der Waals surface area (Å²) >= 11 is 5.99. The normalized spacial score (nSPS) is 10.2. The Bertz CT molecular complexity index is 662. The molecular weight excluding hydrogens is 252 g/mol. The third-order valence-corrected chi connectivity index (χ3v) is 3.08. The first-order valence-electron chi connectivity index (χ1n) is 5.24. The molecule has 2 aromatic rings. The minimum atomic E-state index is 0.186. The Labute approximate surface area is 110 Å². The molecule has 0 aliphatic rings. The van der Waals surface area contributed by atoms with Crippen LogP contribution in [0.3, 0.4) is 0 Å². The molecule has 1 heterocycles. The first-order valence-corrected chi connectivity index (χ1v) is 5.62. The van der Waals surface area contributed by atoms with Crippen LogP contribution in [0.2, 0.25) is 5.15 Å². The Morgan fingerprint density at radius 2 is 2.00 bits per heavy atom. The number of rotatable bonds is 2. The van der Waals surface area contributed by atoms with Gasteiger partial charge in [-0.3, -0.25) is 0 Å². The zero-order valence-corrected chi connectivity index (χ0v) is 11.0. The fourth-order valence-electron chi connectivity index (χ4n) is 1.83. The number of fused-ring (bicyclic) bond motifs is 1. The van der Waals surface area contributed by atoms with E-state index in [-0.39, 0.29) is 5.15 Å². The molecule has 2 rings (SSSR count). The van der Waals surface area contributed by atoms with Crippen LogP contribution in [-0.4, -0.2) is 19.2 Å². The zero-order valence-electron chi connectivity index (χ0n) is 10.2. The molecule has 0 aliphatic carbocycles. The number of aromatic nitrogens is 1. The van der Waals surface area contributed by atoms with E-state index in [0.29, 0.717) is 22.6 Å². The molecule has 0 saturated heterocycles. The minimum Gasteiger partial charge on any atom is -0.497 e. The lowest BCUT2D eigenvalue weighted by Gasteiger charge is -2.11. The predicted molar refractivity (Wildman–Crippen MR) is 69.3 cm³/mol. The number of ether oxygens (including phenoxy) is 2.